The van der Waals surface area contributed by atoms with E-state index in [1.165, 1.54) is 16.7 Å². The van der Waals surface area contributed by atoms with Gasteiger partial charge in [0.2, 0.25) is 0 Å². The number of hydrogen-bond donors (Lipinski definition) is 1. The molecule has 0 amide bonds. The van der Waals surface area contributed by atoms with Crippen molar-refractivity contribution in [2.24, 2.45) is 0 Å². The van der Waals surface area contributed by atoms with Crippen molar-refractivity contribution in [1.29, 1.82) is 0 Å². The Balaban J connectivity index is 0.000000980. The summed E-state index contributed by atoms with van der Waals surface area (Å²) in [7, 11) is -4.08. The molecule has 0 saturated carbocycles. The number of benzene rings is 1. The third kappa shape index (κ3) is 2.18. The van der Waals surface area contributed by atoms with Crippen LogP contribution in [0.3, 0.4) is 0 Å². The first-order valence-electron chi connectivity index (χ1n) is 3.53. The molecular weight excluding hydrogens is 231 g/mol. The van der Waals surface area contributed by atoms with E-state index in [0.29, 0.717) is 5.39 Å². The molecule has 6 heteroatoms. The molecule has 2 aromatic rings. The fourth-order valence-corrected chi connectivity index (χ4v) is 3.13. The van der Waals surface area contributed by atoms with Gasteiger partial charge in [-0.15, -0.1) is 11.3 Å². The van der Waals surface area contributed by atoms with Crippen LogP contribution in [-0.4, -0.2) is 42.5 Å². The molecule has 0 spiro atoms. The van der Waals surface area contributed by atoms with Crippen molar-refractivity contribution in [3.05, 3.63) is 29.6 Å². The van der Waals surface area contributed by atoms with E-state index in [0.717, 1.165) is 4.70 Å². The maximum atomic E-state index is 10.9. The molecule has 70 valence electrons. The zero-order valence-electron chi connectivity index (χ0n) is 6.47. The second kappa shape index (κ2) is 4.30. The fourth-order valence-electron chi connectivity index (χ4n) is 1.15. The van der Waals surface area contributed by atoms with Crippen LogP contribution in [0, 0.1) is 0 Å². The molecule has 1 N–H and O–H groups in total. The van der Waals surface area contributed by atoms with Gasteiger partial charge in [0.05, 0.1) is 0 Å². The van der Waals surface area contributed by atoms with E-state index in [2.05, 4.69) is 0 Å². The third-order valence-electron chi connectivity index (χ3n) is 1.72. The van der Waals surface area contributed by atoms with Gasteiger partial charge >= 0.3 is 29.6 Å². The van der Waals surface area contributed by atoms with Gasteiger partial charge in [0, 0.05) is 15.5 Å². The molecule has 0 atom stereocenters. The monoisotopic (exact) mass is 238 g/mol. The third-order valence-corrected chi connectivity index (χ3v) is 3.73. The summed E-state index contributed by atoms with van der Waals surface area (Å²) >= 11 is 1.30. The van der Waals surface area contributed by atoms with E-state index in [4.69, 9.17) is 4.55 Å². The van der Waals surface area contributed by atoms with Crippen LogP contribution in [0.1, 0.15) is 0 Å². The fraction of sp³-hybridized carbons (Fsp3) is 0. The first kappa shape index (κ1) is 12.2. The summed E-state index contributed by atoms with van der Waals surface area (Å²) in [5.74, 6) is 0. The van der Waals surface area contributed by atoms with E-state index in [-0.39, 0.29) is 34.5 Å². The van der Waals surface area contributed by atoms with Gasteiger partial charge in [-0.2, -0.15) is 8.42 Å². The summed E-state index contributed by atoms with van der Waals surface area (Å²) < 4.78 is 31.5. The Morgan fingerprint density at radius 1 is 1.21 bits per heavy atom. The van der Waals surface area contributed by atoms with Crippen LogP contribution in [-0.2, 0) is 10.1 Å². The summed E-state index contributed by atoms with van der Waals surface area (Å²) in [6, 6.07) is 7.06. The summed E-state index contributed by atoms with van der Waals surface area (Å²) in [4.78, 5) is -0.00639. The van der Waals surface area contributed by atoms with Crippen molar-refractivity contribution in [1.82, 2.24) is 0 Å². The Morgan fingerprint density at radius 2 is 1.86 bits per heavy atom. The molecule has 0 radical (unpaired) electrons. The molecule has 0 aliphatic carbocycles. The summed E-state index contributed by atoms with van der Waals surface area (Å²) in [5.41, 5.74) is 0. The van der Waals surface area contributed by atoms with Crippen molar-refractivity contribution in [3.8, 4) is 0 Å². The molecular formula is C8H7NaO3S2. The standard InChI is InChI=1S/C8H6O3S2.Na.H/c9-13(10,11)8-5-12-7-4-2-1-3-6(7)8;;/h1-5H,(H,9,10,11);;. The molecule has 0 saturated heterocycles. The number of rotatable bonds is 1. The number of fused-ring (bicyclic) bond motifs is 1. The van der Waals surface area contributed by atoms with E-state index in [1.54, 1.807) is 12.1 Å². The zero-order valence-corrected chi connectivity index (χ0v) is 8.10. The molecule has 1 heterocycles. The maximum absolute atomic E-state index is 10.9. The SMILES string of the molecule is O=S(=O)(O)c1csc2ccccc12.[NaH]. The van der Waals surface area contributed by atoms with Gasteiger partial charge in [0.15, 0.2) is 0 Å². The molecule has 0 aliphatic rings. The summed E-state index contributed by atoms with van der Waals surface area (Å²) in [6.45, 7) is 0. The van der Waals surface area contributed by atoms with E-state index < -0.39 is 10.1 Å². The molecule has 3 nitrogen and oxygen atoms in total. The molecule has 1 aromatic carbocycles. The van der Waals surface area contributed by atoms with Crippen molar-refractivity contribution in [2.75, 3.05) is 0 Å². The summed E-state index contributed by atoms with van der Waals surface area (Å²) in [6.07, 6.45) is 0. The molecule has 0 fully saturated rings. The van der Waals surface area contributed by atoms with Gasteiger partial charge < -0.3 is 0 Å². The molecule has 1 aromatic heterocycles. The van der Waals surface area contributed by atoms with Gasteiger partial charge in [-0.1, -0.05) is 18.2 Å². The van der Waals surface area contributed by atoms with Crippen molar-refractivity contribution in [3.63, 3.8) is 0 Å². The Bertz CT molecular complexity index is 544. The van der Waals surface area contributed by atoms with Crippen LogP contribution in [0.2, 0.25) is 0 Å². The average molecular weight is 238 g/mol. The van der Waals surface area contributed by atoms with E-state index >= 15 is 0 Å². The Labute approximate surface area is 108 Å². The van der Waals surface area contributed by atoms with Crippen LogP contribution < -0.4 is 0 Å². The average Bonchev–Trinajstić information content (AvgIpc) is 2.45. The Morgan fingerprint density at radius 3 is 2.50 bits per heavy atom. The van der Waals surface area contributed by atoms with Crippen LogP contribution in [0.25, 0.3) is 10.1 Å². The van der Waals surface area contributed by atoms with Gasteiger partial charge in [-0.3, -0.25) is 4.55 Å². The zero-order chi connectivity index (χ0) is 9.47. The minimum atomic E-state index is -4.08. The summed E-state index contributed by atoms with van der Waals surface area (Å²) in [5, 5.41) is 2.02. The first-order valence-corrected chi connectivity index (χ1v) is 5.85. The van der Waals surface area contributed by atoms with Crippen molar-refractivity contribution in [2.45, 2.75) is 4.90 Å². The van der Waals surface area contributed by atoms with E-state index in [1.807, 2.05) is 12.1 Å². The minimum absolute atomic E-state index is 0. The van der Waals surface area contributed by atoms with Gasteiger partial charge in [0.25, 0.3) is 10.1 Å². The normalized spacial score (nSPS) is 11.2. The molecule has 2 rings (SSSR count). The number of hydrogen-bond acceptors (Lipinski definition) is 3. The molecule has 0 unspecified atom stereocenters. The van der Waals surface area contributed by atoms with Crippen LogP contribution in [0.4, 0.5) is 0 Å². The molecule has 0 aliphatic heterocycles. The van der Waals surface area contributed by atoms with Crippen LogP contribution in [0.5, 0.6) is 0 Å². The van der Waals surface area contributed by atoms with Gasteiger partial charge in [0.1, 0.15) is 4.90 Å². The van der Waals surface area contributed by atoms with Crippen molar-refractivity contribution >= 4 is 61.1 Å². The number of thiophene rings is 1. The van der Waals surface area contributed by atoms with Gasteiger partial charge in [-0.25, -0.2) is 0 Å². The molecule has 14 heavy (non-hydrogen) atoms. The van der Waals surface area contributed by atoms with Crippen LogP contribution in [0.15, 0.2) is 34.5 Å². The molecule has 0 bridgehead atoms. The predicted molar refractivity (Wildman–Crippen MR) is 58.8 cm³/mol. The topological polar surface area (TPSA) is 54.4 Å². The van der Waals surface area contributed by atoms with E-state index in [9.17, 15) is 8.42 Å². The first-order chi connectivity index (χ1) is 6.09. The predicted octanol–water partition coefficient (Wildman–Crippen LogP) is 1.50. The second-order valence-corrected chi connectivity index (χ2v) is 4.87. The Kier molecular flexibility index (Phi) is 3.74. The quantitative estimate of drug-likeness (QED) is 0.605. The van der Waals surface area contributed by atoms with Crippen molar-refractivity contribution < 1.29 is 13.0 Å². The van der Waals surface area contributed by atoms with Gasteiger partial charge in [-0.05, 0) is 6.07 Å². The second-order valence-electron chi connectivity index (χ2n) is 2.57. The Hall–Kier alpha value is 0.0900. The van der Waals surface area contributed by atoms with Crippen LogP contribution >= 0.6 is 11.3 Å².